The largest absolute Gasteiger partial charge is 0.372 e. The number of morpholine rings is 1. The number of carbonyl (C=O) groups is 1. The van der Waals surface area contributed by atoms with E-state index in [1.165, 1.54) is 18.1 Å². The average molecular weight is 336 g/mol. The smallest absolute Gasteiger partial charge is 0.233 e. The molecule has 9 heteroatoms. The van der Waals surface area contributed by atoms with E-state index in [1.807, 2.05) is 25.7 Å². The van der Waals surface area contributed by atoms with Crippen molar-refractivity contribution >= 4 is 28.8 Å². The molecule has 0 spiro atoms. The number of ether oxygens (including phenoxy) is 1. The fourth-order valence-corrected chi connectivity index (χ4v) is 3.53. The topological polar surface area (TPSA) is 86.0 Å². The van der Waals surface area contributed by atoms with E-state index in [1.54, 1.807) is 4.68 Å². The Kier molecular flexibility index (Phi) is 4.76. The van der Waals surface area contributed by atoms with Gasteiger partial charge in [-0.25, -0.2) is 14.6 Å². The third kappa shape index (κ3) is 3.45. The van der Waals surface area contributed by atoms with Gasteiger partial charge in [-0.3, -0.25) is 4.79 Å². The van der Waals surface area contributed by atoms with Crippen LogP contribution in [0, 0.1) is 0 Å². The molecule has 3 heterocycles. The van der Waals surface area contributed by atoms with Gasteiger partial charge in [-0.15, -0.1) is 5.10 Å². The lowest BCUT2D eigenvalue weighted by molar-refractivity contribution is -0.140. The lowest BCUT2D eigenvalue weighted by Crippen LogP contribution is -2.48. The molecule has 2 aromatic rings. The van der Waals surface area contributed by atoms with Crippen LogP contribution in [0.1, 0.15) is 20.8 Å². The van der Waals surface area contributed by atoms with Crippen LogP contribution in [0.3, 0.4) is 0 Å². The summed E-state index contributed by atoms with van der Waals surface area (Å²) < 4.78 is 7.38. The molecule has 1 aliphatic heterocycles. The first-order chi connectivity index (χ1) is 11.1. The number of rotatable bonds is 4. The van der Waals surface area contributed by atoms with E-state index in [-0.39, 0.29) is 18.1 Å². The van der Waals surface area contributed by atoms with Crippen LogP contribution in [0.4, 0.5) is 0 Å². The van der Waals surface area contributed by atoms with Crippen LogP contribution in [0.15, 0.2) is 11.4 Å². The van der Waals surface area contributed by atoms with Crippen LogP contribution in [0.2, 0.25) is 0 Å². The fourth-order valence-electron chi connectivity index (χ4n) is 2.69. The predicted octanol–water partition coefficient (Wildman–Crippen LogP) is 0.969. The van der Waals surface area contributed by atoms with Gasteiger partial charge in [0.25, 0.3) is 0 Å². The lowest BCUT2D eigenvalue weighted by atomic mass is 10.2. The van der Waals surface area contributed by atoms with Crippen molar-refractivity contribution in [2.75, 3.05) is 18.8 Å². The molecule has 0 aliphatic carbocycles. The Morgan fingerprint density at radius 1 is 1.35 bits per heavy atom. The zero-order valence-corrected chi connectivity index (χ0v) is 14.3. The normalized spacial score (nSPS) is 21.8. The first kappa shape index (κ1) is 16.1. The summed E-state index contributed by atoms with van der Waals surface area (Å²) >= 11 is 1.38. The number of nitrogens with zero attached hydrogens (tertiary/aromatic N) is 6. The van der Waals surface area contributed by atoms with Gasteiger partial charge in [0.05, 0.1) is 18.0 Å². The number of aromatic nitrogens is 5. The molecule has 1 fully saturated rings. The van der Waals surface area contributed by atoms with Crippen LogP contribution < -0.4 is 0 Å². The van der Waals surface area contributed by atoms with E-state index in [9.17, 15) is 4.79 Å². The number of hydrogen-bond donors (Lipinski definition) is 0. The maximum atomic E-state index is 12.4. The van der Waals surface area contributed by atoms with Crippen molar-refractivity contribution in [3.63, 3.8) is 0 Å². The third-order valence-electron chi connectivity index (χ3n) is 3.67. The maximum absolute atomic E-state index is 12.4. The number of thioether (sulfide) groups is 1. The van der Waals surface area contributed by atoms with Gasteiger partial charge in [-0.1, -0.05) is 17.0 Å². The number of hydrogen-bond acceptors (Lipinski definition) is 7. The van der Waals surface area contributed by atoms with E-state index in [2.05, 4.69) is 20.3 Å². The van der Waals surface area contributed by atoms with Gasteiger partial charge in [-0.05, 0) is 20.8 Å². The molecule has 0 aromatic carbocycles. The summed E-state index contributed by atoms with van der Waals surface area (Å²) in [6, 6.07) is 0. The molecular weight excluding hydrogens is 316 g/mol. The molecule has 8 nitrogen and oxygen atoms in total. The Labute approximate surface area is 138 Å². The summed E-state index contributed by atoms with van der Waals surface area (Å²) in [5.74, 6) is 0.413. The molecule has 1 saturated heterocycles. The van der Waals surface area contributed by atoms with Gasteiger partial charge < -0.3 is 9.64 Å². The van der Waals surface area contributed by atoms with Crippen molar-refractivity contribution in [1.29, 1.82) is 0 Å². The Morgan fingerprint density at radius 2 is 2.09 bits per heavy atom. The summed E-state index contributed by atoms with van der Waals surface area (Å²) in [6.07, 6.45) is 1.63. The summed E-state index contributed by atoms with van der Waals surface area (Å²) in [4.78, 5) is 22.7. The second kappa shape index (κ2) is 6.79. The van der Waals surface area contributed by atoms with E-state index >= 15 is 0 Å². The highest BCUT2D eigenvalue weighted by Gasteiger charge is 2.26. The molecule has 2 aromatic heterocycles. The maximum Gasteiger partial charge on any atom is 0.233 e. The molecule has 2 atom stereocenters. The Morgan fingerprint density at radius 3 is 2.78 bits per heavy atom. The van der Waals surface area contributed by atoms with Gasteiger partial charge in [0.1, 0.15) is 11.4 Å². The minimum Gasteiger partial charge on any atom is -0.372 e. The zero-order valence-electron chi connectivity index (χ0n) is 13.5. The molecule has 0 saturated carbocycles. The van der Waals surface area contributed by atoms with Crippen molar-refractivity contribution in [3.05, 3.63) is 6.33 Å². The molecule has 1 aliphatic rings. The van der Waals surface area contributed by atoms with Crippen LogP contribution in [-0.2, 0) is 16.1 Å². The second-order valence-electron chi connectivity index (χ2n) is 5.60. The first-order valence-electron chi connectivity index (χ1n) is 7.68. The Balaban J connectivity index is 1.68. The zero-order chi connectivity index (χ0) is 16.4. The molecule has 0 radical (unpaired) electrons. The van der Waals surface area contributed by atoms with Gasteiger partial charge in [0, 0.05) is 19.6 Å². The highest BCUT2D eigenvalue weighted by Crippen LogP contribution is 2.23. The number of amides is 1. The van der Waals surface area contributed by atoms with Crippen molar-refractivity contribution in [2.24, 2.45) is 0 Å². The Hall–Kier alpha value is -1.74. The van der Waals surface area contributed by atoms with Crippen LogP contribution in [0.5, 0.6) is 0 Å². The molecular formula is C14H20N6O2S. The summed E-state index contributed by atoms with van der Waals surface area (Å²) in [7, 11) is 0. The van der Waals surface area contributed by atoms with Crippen molar-refractivity contribution in [1.82, 2.24) is 29.9 Å². The molecule has 3 rings (SSSR count). The van der Waals surface area contributed by atoms with Crippen molar-refractivity contribution in [3.8, 4) is 0 Å². The fraction of sp³-hybridized carbons (Fsp3) is 0.643. The highest BCUT2D eigenvalue weighted by atomic mass is 32.2. The van der Waals surface area contributed by atoms with Gasteiger partial charge in [0.2, 0.25) is 5.91 Å². The van der Waals surface area contributed by atoms with Gasteiger partial charge in [-0.2, -0.15) is 0 Å². The number of aryl methyl sites for hydroxylation is 1. The standard InChI is InChI=1S/C14H20N6O2S/c1-4-20-13-12(17-18-20)14(16-8-15-13)23-7-11(21)19-5-9(2)22-10(3)6-19/h8-10H,4-7H2,1-3H3/t9-,10+. The molecule has 0 N–H and O–H groups in total. The minimum absolute atomic E-state index is 0.0721. The van der Waals surface area contributed by atoms with Gasteiger partial charge >= 0.3 is 0 Å². The molecule has 124 valence electrons. The number of fused-ring (bicyclic) bond motifs is 1. The first-order valence-corrected chi connectivity index (χ1v) is 8.67. The van der Waals surface area contributed by atoms with E-state index in [4.69, 9.17) is 4.74 Å². The highest BCUT2D eigenvalue weighted by molar-refractivity contribution is 8.00. The monoisotopic (exact) mass is 336 g/mol. The van der Waals surface area contributed by atoms with Crippen LogP contribution >= 0.6 is 11.8 Å². The summed E-state index contributed by atoms with van der Waals surface area (Å²) in [5.41, 5.74) is 1.35. The molecule has 0 unspecified atom stereocenters. The molecule has 0 bridgehead atoms. The van der Waals surface area contributed by atoms with E-state index in [0.29, 0.717) is 41.6 Å². The third-order valence-corrected chi connectivity index (χ3v) is 4.63. The molecule has 1 amide bonds. The SMILES string of the molecule is CCn1nnc2c(SCC(=O)N3C[C@@H](C)O[C@@H](C)C3)ncnc21. The van der Waals surface area contributed by atoms with Crippen LogP contribution in [-0.4, -0.2) is 66.8 Å². The van der Waals surface area contributed by atoms with Crippen LogP contribution in [0.25, 0.3) is 11.2 Å². The van der Waals surface area contributed by atoms with Crippen molar-refractivity contribution < 1.29 is 9.53 Å². The van der Waals surface area contributed by atoms with E-state index < -0.39 is 0 Å². The quantitative estimate of drug-likeness (QED) is 0.607. The lowest BCUT2D eigenvalue weighted by Gasteiger charge is -2.35. The summed E-state index contributed by atoms with van der Waals surface area (Å²) in [5, 5.41) is 8.87. The number of carbonyl (C=O) groups excluding carboxylic acids is 1. The average Bonchev–Trinajstić information content (AvgIpc) is 2.95. The summed E-state index contributed by atoms with van der Waals surface area (Å²) in [6.45, 7) is 7.91. The second-order valence-corrected chi connectivity index (χ2v) is 6.57. The molecule has 23 heavy (non-hydrogen) atoms. The van der Waals surface area contributed by atoms with Crippen molar-refractivity contribution in [2.45, 2.75) is 44.5 Å². The van der Waals surface area contributed by atoms with E-state index in [0.717, 1.165) is 0 Å². The van der Waals surface area contributed by atoms with Gasteiger partial charge in [0.15, 0.2) is 11.2 Å². The predicted molar refractivity (Wildman–Crippen MR) is 86.1 cm³/mol. The Bertz CT molecular complexity index is 696. The minimum atomic E-state index is 0.0721.